The Kier molecular flexibility index (Phi) is 4.76. The van der Waals surface area contributed by atoms with Crippen molar-refractivity contribution in [3.63, 3.8) is 0 Å². The maximum Gasteiger partial charge on any atom is 0.245 e. The lowest BCUT2D eigenvalue weighted by atomic mass is 10.4. The Bertz CT molecular complexity index is 951. The molecule has 0 atom stereocenters. The molecule has 10 nitrogen and oxygen atoms in total. The number of hydrogen-bond donors (Lipinski definition) is 2. The lowest BCUT2D eigenvalue weighted by molar-refractivity contribution is 0.417. The highest BCUT2D eigenvalue weighted by atomic mass is 32.2. The molecule has 0 aliphatic rings. The normalized spacial score (nSPS) is 11.6. The molecule has 0 aliphatic carbocycles. The monoisotopic (exact) mass is 363 g/mol. The predicted octanol–water partition coefficient (Wildman–Crippen LogP) is 0.658. The van der Waals surface area contributed by atoms with Gasteiger partial charge in [0.2, 0.25) is 10.0 Å². The van der Waals surface area contributed by atoms with Crippen LogP contribution < -0.4 is 10.0 Å². The Balaban J connectivity index is 1.59. The van der Waals surface area contributed by atoms with Gasteiger partial charge >= 0.3 is 0 Å². The maximum absolute atomic E-state index is 11.9. The van der Waals surface area contributed by atoms with Gasteiger partial charge in [-0.2, -0.15) is 5.10 Å². The highest BCUT2D eigenvalue weighted by Crippen LogP contribution is 2.12. The lowest BCUT2D eigenvalue weighted by Crippen LogP contribution is -2.28. The van der Waals surface area contributed by atoms with E-state index in [1.54, 1.807) is 10.7 Å². The summed E-state index contributed by atoms with van der Waals surface area (Å²) in [6, 6.07) is 3.70. The van der Waals surface area contributed by atoms with Gasteiger partial charge in [0.1, 0.15) is 23.3 Å². The van der Waals surface area contributed by atoms with Gasteiger partial charge < -0.3 is 9.84 Å². The van der Waals surface area contributed by atoms with Crippen molar-refractivity contribution < 1.29 is 12.9 Å². The van der Waals surface area contributed by atoms with E-state index in [9.17, 15) is 8.42 Å². The van der Waals surface area contributed by atoms with Crippen molar-refractivity contribution in [2.24, 2.45) is 0 Å². The number of nitrogens with one attached hydrogen (secondary N) is 2. The van der Waals surface area contributed by atoms with Crippen LogP contribution in [0, 0.1) is 13.8 Å². The van der Waals surface area contributed by atoms with Crippen molar-refractivity contribution in [2.45, 2.75) is 18.7 Å². The quantitative estimate of drug-likeness (QED) is 0.586. The van der Waals surface area contributed by atoms with Gasteiger partial charge in [-0.3, -0.25) is 0 Å². The van der Waals surface area contributed by atoms with E-state index >= 15 is 0 Å². The zero-order valence-corrected chi connectivity index (χ0v) is 14.5. The summed E-state index contributed by atoms with van der Waals surface area (Å²) < 4.78 is 32.5. The average molecular weight is 363 g/mol. The Hall–Kier alpha value is -2.79. The molecule has 3 rings (SSSR count). The minimum absolute atomic E-state index is 0.0126. The summed E-state index contributed by atoms with van der Waals surface area (Å²) in [5.74, 6) is 1.20. The number of aryl methyl sites for hydroxylation is 2. The highest BCUT2D eigenvalue weighted by molar-refractivity contribution is 7.89. The van der Waals surface area contributed by atoms with Crippen LogP contribution >= 0.6 is 0 Å². The van der Waals surface area contributed by atoms with Gasteiger partial charge in [-0.25, -0.2) is 27.8 Å². The lowest BCUT2D eigenvalue weighted by Gasteiger charge is -2.08. The Morgan fingerprint density at radius 1 is 1.20 bits per heavy atom. The molecule has 0 aliphatic heterocycles. The zero-order chi connectivity index (χ0) is 17.9. The van der Waals surface area contributed by atoms with Crippen LogP contribution in [0.3, 0.4) is 0 Å². The van der Waals surface area contributed by atoms with Gasteiger partial charge in [0, 0.05) is 24.8 Å². The maximum atomic E-state index is 11.9. The molecule has 0 aromatic carbocycles. The molecular weight excluding hydrogens is 346 g/mol. The Morgan fingerprint density at radius 2 is 2.04 bits per heavy atom. The molecule has 0 saturated carbocycles. The molecule has 0 spiro atoms. The van der Waals surface area contributed by atoms with Gasteiger partial charge in [-0.05, 0) is 19.9 Å². The van der Waals surface area contributed by atoms with Crippen LogP contribution in [0.25, 0.3) is 5.82 Å². The van der Waals surface area contributed by atoms with Crippen molar-refractivity contribution in [1.29, 1.82) is 0 Å². The van der Waals surface area contributed by atoms with E-state index < -0.39 is 10.0 Å². The number of rotatable bonds is 7. The molecular formula is C14H17N7O3S. The average Bonchev–Trinajstić information content (AvgIpc) is 3.22. The van der Waals surface area contributed by atoms with Crippen molar-refractivity contribution in [1.82, 2.24) is 29.6 Å². The highest BCUT2D eigenvalue weighted by Gasteiger charge is 2.15. The smallest absolute Gasteiger partial charge is 0.245 e. The van der Waals surface area contributed by atoms with Gasteiger partial charge in [0.15, 0.2) is 5.82 Å². The van der Waals surface area contributed by atoms with E-state index in [1.807, 2.05) is 19.9 Å². The number of aromatic nitrogens is 5. The van der Waals surface area contributed by atoms with E-state index in [0.717, 1.165) is 23.8 Å². The third kappa shape index (κ3) is 4.00. The summed E-state index contributed by atoms with van der Waals surface area (Å²) in [4.78, 5) is 8.31. The first kappa shape index (κ1) is 17.0. The number of anilines is 1. The van der Waals surface area contributed by atoms with E-state index in [1.165, 1.54) is 6.33 Å². The zero-order valence-electron chi connectivity index (χ0n) is 13.7. The van der Waals surface area contributed by atoms with Crippen LogP contribution in [0.4, 0.5) is 5.82 Å². The SMILES string of the molecule is Cc1cc(C)n(-c2cc(NCCNS(=O)(=O)c3cnoc3)ncn2)n1. The summed E-state index contributed by atoms with van der Waals surface area (Å²) in [6.45, 7) is 4.37. The Labute approximate surface area is 144 Å². The summed E-state index contributed by atoms with van der Waals surface area (Å²) in [7, 11) is -3.62. The summed E-state index contributed by atoms with van der Waals surface area (Å²) in [6.07, 6.45) is 3.64. The van der Waals surface area contributed by atoms with E-state index in [0.29, 0.717) is 18.2 Å². The van der Waals surface area contributed by atoms with E-state index in [-0.39, 0.29) is 11.4 Å². The molecule has 25 heavy (non-hydrogen) atoms. The first-order valence-corrected chi connectivity index (χ1v) is 8.92. The van der Waals surface area contributed by atoms with E-state index in [4.69, 9.17) is 0 Å². The van der Waals surface area contributed by atoms with E-state index in [2.05, 4.69) is 34.8 Å². The summed E-state index contributed by atoms with van der Waals surface area (Å²) in [5, 5.41) is 10.8. The van der Waals surface area contributed by atoms with Crippen molar-refractivity contribution in [2.75, 3.05) is 18.4 Å². The fourth-order valence-electron chi connectivity index (χ4n) is 2.21. The number of sulfonamides is 1. The minimum Gasteiger partial charge on any atom is -0.369 e. The molecule has 3 heterocycles. The second kappa shape index (κ2) is 6.99. The minimum atomic E-state index is -3.62. The van der Waals surface area contributed by atoms with Gasteiger partial charge in [0.05, 0.1) is 11.9 Å². The third-order valence-electron chi connectivity index (χ3n) is 3.32. The van der Waals surface area contributed by atoms with Crippen LogP contribution in [0.15, 0.2) is 40.3 Å². The van der Waals surface area contributed by atoms with Crippen molar-refractivity contribution in [3.8, 4) is 5.82 Å². The molecule has 11 heteroatoms. The molecule has 0 amide bonds. The first-order valence-electron chi connectivity index (χ1n) is 7.44. The number of hydrogen-bond acceptors (Lipinski definition) is 8. The third-order valence-corrected chi connectivity index (χ3v) is 4.73. The van der Waals surface area contributed by atoms with Crippen LogP contribution in [0.1, 0.15) is 11.4 Å². The molecule has 0 fully saturated rings. The fraction of sp³-hybridized carbons (Fsp3) is 0.286. The largest absolute Gasteiger partial charge is 0.369 e. The molecule has 0 unspecified atom stereocenters. The van der Waals surface area contributed by atoms with Crippen molar-refractivity contribution in [3.05, 3.63) is 42.3 Å². The van der Waals surface area contributed by atoms with Crippen LogP contribution in [0.2, 0.25) is 0 Å². The summed E-state index contributed by atoms with van der Waals surface area (Å²) in [5.41, 5.74) is 1.86. The molecule has 132 valence electrons. The fourth-order valence-corrected chi connectivity index (χ4v) is 3.10. The second-order valence-corrected chi connectivity index (χ2v) is 7.05. The molecule has 0 bridgehead atoms. The first-order chi connectivity index (χ1) is 12.0. The molecule has 0 radical (unpaired) electrons. The van der Waals surface area contributed by atoms with Crippen LogP contribution in [-0.4, -0.2) is 46.4 Å². The van der Waals surface area contributed by atoms with Gasteiger partial charge in [-0.15, -0.1) is 0 Å². The topological polar surface area (TPSA) is 128 Å². The predicted molar refractivity (Wildman–Crippen MR) is 88.8 cm³/mol. The van der Waals surface area contributed by atoms with Crippen LogP contribution in [0.5, 0.6) is 0 Å². The number of nitrogens with zero attached hydrogens (tertiary/aromatic N) is 5. The standard InChI is InChI=1S/C14H17N7O3S/c1-10-5-11(2)21(20-10)14-6-13(16-9-17-14)15-3-4-19-25(22,23)12-7-18-24-8-12/h5-9,19H,3-4H2,1-2H3,(H,15,16,17). The molecule has 3 aromatic rings. The second-order valence-electron chi connectivity index (χ2n) is 5.29. The molecule has 0 saturated heterocycles. The van der Waals surface area contributed by atoms with Crippen LogP contribution in [-0.2, 0) is 10.0 Å². The molecule has 2 N–H and O–H groups in total. The summed E-state index contributed by atoms with van der Waals surface area (Å²) >= 11 is 0. The van der Waals surface area contributed by atoms with Gasteiger partial charge in [-0.1, -0.05) is 5.16 Å². The van der Waals surface area contributed by atoms with Crippen molar-refractivity contribution >= 4 is 15.8 Å². The molecule has 3 aromatic heterocycles. The Morgan fingerprint density at radius 3 is 2.72 bits per heavy atom. The van der Waals surface area contributed by atoms with Gasteiger partial charge in [0.25, 0.3) is 0 Å².